The molecule has 2 heterocycles. The molecule has 1 aromatic carbocycles. The van der Waals surface area contributed by atoms with Crippen molar-refractivity contribution < 1.29 is 18.8 Å². The average molecular weight is 401 g/mol. The Labute approximate surface area is 165 Å². The first-order chi connectivity index (χ1) is 13.3. The number of amides is 4. The topological polar surface area (TPSA) is 118 Å². The Morgan fingerprint density at radius 3 is 2.64 bits per heavy atom. The summed E-state index contributed by atoms with van der Waals surface area (Å²) in [6, 6.07) is 6.90. The number of hydrogen-bond donors (Lipinski definition) is 1. The average Bonchev–Trinajstić information content (AvgIpc) is 3.11. The van der Waals surface area contributed by atoms with E-state index in [1.807, 2.05) is 31.2 Å². The summed E-state index contributed by atoms with van der Waals surface area (Å²) in [7, 11) is 1.38. The first-order valence-electron chi connectivity index (χ1n) is 8.52. The van der Waals surface area contributed by atoms with E-state index < -0.39 is 11.9 Å². The Morgan fingerprint density at radius 2 is 1.93 bits per heavy atom. The smallest absolute Gasteiger partial charge is 0.349 e. The molecule has 0 aliphatic carbocycles. The predicted octanol–water partition coefficient (Wildman–Crippen LogP) is 2.32. The summed E-state index contributed by atoms with van der Waals surface area (Å²) in [5.41, 5.74) is 2.24. The monoisotopic (exact) mass is 401 g/mol. The minimum absolute atomic E-state index is 0.107. The van der Waals surface area contributed by atoms with E-state index in [0.717, 1.165) is 22.2 Å². The molecule has 0 fully saturated rings. The zero-order valence-electron chi connectivity index (χ0n) is 15.6. The summed E-state index contributed by atoms with van der Waals surface area (Å²) < 4.78 is 5.51. The van der Waals surface area contributed by atoms with Crippen LogP contribution in [-0.4, -0.2) is 51.5 Å². The number of carbonyl (C=O) groups excluding carboxylic acids is 3. The lowest BCUT2D eigenvalue weighted by Gasteiger charge is -2.24. The second kappa shape index (κ2) is 8.34. The molecule has 1 aromatic heterocycles. The van der Waals surface area contributed by atoms with Crippen molar-refractivity contribution in [2.45, 2.75) is 25.5 Å². The molecule has 0 bridgehead atoms. The Kier molecular flexibility index (Phi) is 5.88. The van der Waals surface area contributed by atoms with Crippen LogP contribution in [0.5, 0.6) is 0 Å². The molecule has 0 saturated heterocycles. The molecule has 28 heavy (non-hydrogen) atoms. The highest BCUT2D eigenvalue weighted by Crippen LogP contribution is 2.21. The van der Waals surface area contributed by atoms with Crippen LogP contribution in [0, 0.1) is 12.8 Å². The summed E-state index contributed by atoms with van der Waals surface area (Å²) in [6.07, 6.45) is 0.148. The third kappa shape index (κ3) is 4.63. The van der Waals surface area contributed by atoms with E-state index in [1.165, 1.54) is 7.05 Å². The van der Waals surface area contributed by atoms with E-state index in [0.29, 0.717) is 11.4 Å². The van der Waals surface area contributed by atoms with E-state index in [9.17, 15) is 14.4 Å². The number of imide groups is 1. The number of nitrogens with one attached hydrogen (secondary N) is 1. The van der Waals surface area contributed by atoms with E-state index in [1.54, 1.807) is 6.92 Å². The lowest BCUT2D eigenvalue weighted by Crippen LogP contribution is -2.44. The number of urea groups is 1. The van der Waals surface area contributed by atoms with Gasteiger partial charge in [0.25, 0.3) is 5.22 Å². The molecule has 4 amide bonds. The maximum atomic E-state index is 12.2. The lowest BCUT2D eigenvalue weighted by atomic mass is 9.97. The van der Waals surface area contributed by atoms with Crippen LogP contribution >= 0.6 is 11.8 Å². The van der Waals surface area contributed by atoms with Crippen LogP contribution in [0.4, 0.5) is 10.5 Å². The molecule has 146 valence electrons. The van der Waals surface area contributed by atoms with E-state index in [-0.39, 0.29) is 35.1 Å². The summed E-state index contributed by atoms with van der Waals surface area (Å²) in [4.78, 5) is 40.6. The van der Waals surface area contributed by atoms with Crippen molar-refractivity contribution in [3.8, 4) is 0 Å². The summed E-state index contributed by atoms with van der Waals surface area (Å²) >= 11 is 1.10. The molecule has 1 N–H and O–H groups in total. The van der Waals surface area contributed by atoms with Crippen LogP contribution in [0.1, 0.15) is 18.4 Å². The minimum atomic E-state index is -0.620. The molecular formula is C18H19N5O4S. The minimum Gasteiger partial charge on any atom is -0.416 e. The zero-order valence-corrected chi connectivity index (χ0v) is 16.4. The fourth-order valence-corrected chi connectivity index (χ4v) is 3.14. The van der Waals surface area contributed by atoms with Gasteiger partial charge in [-0.15, -0.1) is 10.2 Å². The number of benzene rings is 1. The first kappa shape index (κ1) is 19.7. The van der Waals surface area contributed by atoms with Crippen LogP contribution in [-0.2, 0) is 16.0 Å². The number of aryl methyl sites for hydroxylation is 1. The van der Waals surface area contributed by atoms with E-state index >= 15 is 0 Å². The Hall–Kier alpha value is -3.01. The molecule has 0 spiro atoms. The van der Waals surface area contributed by atoms with Crippen molar-refractivity contribution in [3.63, 3.8) is 0 Å². The van der Waals surface area contributed by atoms with Crippen molar-refractivity contribution in [1.29, 1.82) is 0 Å². The molecule has 1 aliphatic rings. The van der Waals surface area contributed by atoms with Gasteiger partial charge in [0.05, 0.1) is 11.7 Å². The third-order valence-electron chi connectivity index (χ3n) is 4.18. The molecule has 1 unspecified atom stereocenters. The Bertz CT molecular complexity index is 938. The van der Waals surface area contributed by atoms with Gasteiger partial charge in [0.15, 0.2) is 0 Å². The Morgan fingerprint density at radius 1 is 1.21 bits per heavy atom. The highest BCUT2D eigenvalue weighted by Gasteiger charge is 2.34. The molecule has 9 nitrogen and oxygen atoms in total. The van der Waals surface area contributed by atoms with Crippen molar-refractivity contribution in [2.24, 2.45) is 10.9 Å². The largest absolute Gasteiger partial charge is 0.416 e. The number of hydrogen-bond acceptors (Lipinski definition) is 7. The fourth-order valence-electron chi connectivity index (χ4n) is 2.56. The molecule has 3 rings (SSSR count). The van der Waals surface area contributed by atoms with Gasteiger partial charge < -0.3 is 9.73 Å². The van der Waals surface area contributed by atoms with Crippen LogP contribution < -0.4 is 5.32 Å². The van der Waals surface area contributed by atoms with Crippen LogP contribution in [0.15, 0.2) is 38.9 Å². The zero-order chi connectivity index (χ0) is 20.3. The van der Waals surface area contributed by atoms with Gasteiger partial charge in [0.2, 0.25) is 17.7 Å². The summed E-state index contributed by atoms with van der Waals surface area (Å²) in [5.74, 6) is -0.820. The summed E-state index contributed by atoms with van der Waals surface area (Å²) in [5, 5.41) is 10.8. The normalized spacial score (nSPS) is 16.9. The molecular weight excluding hydrogens is 382 g/mol. The molecule has 1 aliphatic heterocycles. The number of anilines is 1. The fraction of sp³-hybridized carbons (Fsp3) is 0.333. The molecule has 10 heteroatoms. The number of nitrogens with zero attached hydrogens (tertiary/aromatic N) is 4. The standard InChI is InChI=1S/C18H19N5O4S/c1-10-4-6-12(7-5-10)20-14(24)9-28-18-22-21-15(27-18)8-13-11(2)19-17(26)23(3)16(13)25/h4-7,13H,8-9H2,1-3H3,(H,20,24). The van der Waals surface area contributed by atoms with Crippen LogP contribution in [0.3, 0.4) is 0 Å². The lowest BCUT2D eigenvalue weighted by molar-refractivity contribution is -0.129. The highest BCUT2D eigenvalue weighted by molar-refractivity contribution is 7.99. The number of thioether (sulfide) groups is 1. The van der Waals surface area contributed by atoms with Gasteiger partial charge >= 0.3 is 6.03 Å². The maximum absolute atomic E-state index is 12.2. The molecule has 0 saturated carbocycles. The van der Waals surface area contributed by atoms with Gasteiger partial charge in [0.1, 0.15) is 0 Å². The van der Waals surface area contributed by atoms with Gasteiger partial charge in [-0.05, 0) is 26.0 Å². The molecule has 2 aromatic rings. The van der Waals surface area contributed by atoms with Gasteiger partial charge in [-0.3, -0.25) is 14.5 Å². The van der Waals surface area contributed by atoms with Gasteiger partial charge in [-0.1, -0.05) is 29.5 Å². The second-order valence-corrected chi connectivity index (χ2v) is 7.28. The molecule has 1 atom stereocenters. The predicted molar refractivity (Wildman–Crippen MR) is 103 cm³/mol. The number of aliphatic imine (C=N–C) groups is 1. The van der Waals surface area contributed by atoms with Crippen LogP contribution in [0.2, 0.25) is 0 Å². The summed E-state index contributed by atoms with van der Waals surface area (Å²) in [6.45, 7) is 3.59. The van der Waals surface area contributed by atoms with Gasteiger partial charge in [0, 0.05) is 24.9 Å². The van der Waals surface area contributed by atoms with Gasteiger partial charge in [-0.2, -0.15) is 0 Å². The quantitative estimate of drug-likeness (QED) is 0.738. The van der Waals surface area contributed by atoms with Crippen molar-refractivity contribution >= 4 is 41.0 Å². The Balaban J connectivity index is 1.55. The van der Waals surface area contributed by atoms with E-state index in [2.05, 4.69) is 20.5 Å². The SMILES string of the molecule is CC1=NC(=O)N(C)C(=O)C1Cc1nnc(SCC(=O)Nc2ccc(C)cc2)o1. The maximum Gasteiger partial charge on any atom is 0.349 e. The van der Waals surface area contributed by atoms with Crippen molar-refractivity contribution in [3.05, 3.63) is 35.7 Å². The van der Waals surface area contributed by atoms with Gasteiger partial charge in [-0.25, -0.2) is 9.79 Å². The second-order valence-electron chi connectivity index (χ2n) is 6.35. The third-order valence-corrected chi connectivity index (χ3v) is 5.00. The van der Waals surface area contributed by atoms with Crippen molar-refractivity contribution in [1.82, 2.24) is 15.1 Å². The molecule has 0 radical (unpaired) electrons. The highest BCUT2D eigenvalue weighted by atomic mass is 32.2. The first-order valence-corrected chi connectivity index (χ1v) is 9.50. The number of carbonyl (C=O) groups is 3. The van der Waals surface area contributed by atoms with Crippen molar-refractivity contribution in [2.75, 3.05) is 18.1 Å². The van der Waals surface area contributed by atoms with E-state index in [4.69, 9.17) is 4.42 Å². The van der Waals surface area contributed by atoms with Crippen LogP contribution in [0.25, 0.3) is 0 Å². The number of rotatable bonds is 6. The number of aromatic nitrogens is 2.